The van der Waals surface area contributed by atoms with E-state index in [2.05, 4.69) is 49.8 Å². The van der Waals surface area contributed by atoms with Crippen molar-refractivity contribution in [3.63, 3.8) is 0 Å². The van der Waals surface area contributed by atoms with Crippen LogP contribution in [-0.2, 0) is 38.2 Å². The molecule has 0 aromatic heterocycles. The normalized spacial score (nSPS) is 22.0. The Morgan fingerprint density at radius 1 is 0.594 bits per heavy atom. The molecule has 2 rings (SSSR count). The van der Waals surface area contributed by atoms with E-state index in [-0.39, 0.29) is 23.5 Å². The molecule has 0 heterocycles. The number of ketones is 3. The molecule has 64 heavy (non-hydrogen) atoms. The molecule has 350 valence electrons. The van der Waals surface area contributed by atoms with Gasteiger partial charge in [-0.25, -0.2) is 14.4 Å². The average Bonchev–Trinajstić information content (AvgIpc) is 3.21. The molecule has 0 saturated heterocycles. The Balaban J connectivity index is 0.00000163. The van der Waals surface area contributed by atoms with Crippen molar-refractivity contribution < 1.29 is 63.8 Å². The number of carbonyl (C=O) groups is 6. The highest BCUT2D eigenvalue weighted by Crippen LogP contribution is 2.42. The van der Waals surface area contributed by atoms with Gasteiger partial charge in [-0.15, -0.1) is 0 Å². The number of hydrogen-bond acceptors (Lipinski definition) is 12. The first-order valence-corrected chi connectivity index (χ1v) is 20.9. The maximum Gasteiger partial charge on any atom is 0.339 e. The number of aliphatic carboxylic acids is 1. The molecule has 0 amide bonds. The highest BCUT2D eigenvalue weighted by molar-refractivity contribution is 6.02. The van der Waals surface area contributed by atoms with Gasteiger partial charge in [0.15, 0.2) is 41.8 Å². The third-order valence-corrected chi connectivity index (χ3v) is 10.8. The molecule has 0 spiro atoms. The smallest absolute Gasteiger partial charge is 0.339 e. The van der Waals surface area contributed by atoms with Crippen molar-refractivity contribution in [2.24, 2.45) is 16.7 Å². The van der Waals surface area contributed by atoms with Gasteiger partial charge in [-0.2, -0.15) is 0 Å². The number of Topliss-reactive ketones (excluding diaryl/α,β-unsaturated/α-hetero) is 3. The Bertz CT molecular complexity index is 2110. The molecule has 0 aliphatic heterocycles. The zero-order valence-electron chi connectivity index (χ0n) is 39.5. The molecule has 0 bridgehead atoms. The van der Waals surface area contributed by atoms with Gasteiger partial charge in [0.05, 0.1) is 7.11 Å². The van der Waals surface area contributed by atoms with Gasteiger partial charge in [-0.1, -0.05) is 142 Å². The molecule has 5 N–H and O–H groups in total. The summed E-state index contributed by atoms with van der Waals surface area (Å²) in [6, 6.07) is 0. The highest BCUT2D eigenvalue weighted by Gasteiger charge is 2.42. The molecule has 6 unspecified atom stereocenters. The Kier molecular flexibility index (Phi) is 22.6. The lowest BCUT2D eigenvalue weighted by molar-refractivity contribution is -0.175. The van der Waals surface area contributed by atoms with E-state index < -0.39 is 65.4 Å². The molecule has 2 aliphatic carbocycles. The molecule has 13 nitrogen and oxygen atoms in total. The first-order valence-electron chi connectivity index (χ1n) is 20.9. The van der Waals surface area contributed by atoms with Crippen LogP contribution in [0.4, 0.5) is 0 Å². The average molecular weight is 889 g/mol. The maximum atomic E-state index is 13.0. The Labute approximate surface area is 378 Å². The third kappa shape index (κ3) is 17.5. The fraction of sp³-hybridized carbons (Fsp3) is 0.451. The molecule has 6 atom stereocenters. The number of esters is 2. The lowest BCUT2D eigenvalue weighted by atomic mass is 9.68. The summed E-state index contributed by atoms with van der Waals surface area (Å²) in [4.78, 5) is 69.5. The van der Waals surface area contributed by atoms with Crippen LogP contribution in [0.15, 0.2) is 130 Å². The van der Waals surface area contributed by atoms with Crippen molar-refractivity contribution in [2.45, 2.75) is 126 Å². The summed E-state index contributed by atoms with van der Waals surface area (Å²) >= 11 is 0. The van der Waals surface area contributed by atoms with Gasteiger partial charge in [0.2, 0.25) is 0 Å². The van der Waals surface area contributed by atoms with Crippen LogP contribution in [0.3, 0.4) is 0 Å². The van der Waals surface area contributed by atoms with Gasteiger partial charge < -0.3 is 35.0 Å². The van der Waals surface area contributed by atoms with Crippen LogP contribution >= 0.6 is 0 Å². The first kappa shape index (κ1) is 56.4. The van der Waals surface area contributed by atoms with Gasteiger partial charge in [0.25, 0.3) is 0 Å². The number of ether oxygens (including phenoxy) is 2. The second kappa shape index (κ2) is 25.6. The molecule has 2 aliphatic rings. The summed E-state index contributed by atoms with van der Waals surface area (Å²) in [7, 11) is 1.05. The maximum absolute atomic E-state index is 13.0. The van der Waals surface area contributed by atoms with Crippen LogP contribution < -0.4 is 0 Å². The predicted molar refractivity (Wildman–Crippen MR) is 246 cm³/mol. The number of aliphatic hydroxyl groups is 4. The standard InChI is InChI=1S/C45H58O8.C6H10O5/c1-28(18-14-20-30(3)22-24-35-33(6)38(46)32(5)26-44(35,8)9)16-12-13-17-29(2)19-15-21-31(4)23-25-36-34(7)39(47)37(27-45(36,10)11)53-43(52)41(49)40(48)42(50)51;1-3(7)4(8)5(9)6(10)11-2/h12-25,32,37,40-41,48-49H,26-27H2,1-11H3,(H,50,51);4-5,8-9H,1-2H3/b13-12+,18-14+,19-15+,24-22+,25-23+,28-16+,29-17+,30-20+,31-21+;. The summed E-state index contributed by atoms with van der Waals surface area (Å²) in [5.74, 6) is -4.96. The zero-order valence-corrected chi connectivity index (χ0v) is 39.5. The Morgan fingerprint density at radius 3 is 1.41 bits per heavy atom. The number of rotatable bonds is 17. The zero-order chi connectivity index (χ0) is 49.3. The fourth-order valence-corrected chi connectivity index (χ4v) is 7.04. The van der Waals surface area contributed by atoms with Crippen LogP contribution in [0, 0.1) is 16.7 Å². The van der Waals surface area contributed by atoms with Crippen molar-refractivity contribution in [3.8, 4) is 0 Å². The molecule has 0 saturated carbocycles. The summed E-state index contributed by atoms with van der Waals surface area (Å²) in [5, 5.41) is 45.7. The molecule has 0 aromatic rings. The number of methoxy groups -OCH3 is 1. The largest absolute Gasteiger partial charge is 0.479 e. The molecular weight excluding hydrogens is 821 g/mol. The number of hydrogen-bond donors (Lipinski definition) is 5. The van der Waals surface area contributed by atoms with Crippen LogP contribution in [0.5, 0.6) is 0 Å². The number of allylic oxidation sites excluding steroid dienone is 21. The lowest BCUT2D eigenvalue weighted by Gasteiger charge is -2.36. The van der Waals surface area contributed by atoms with E-state index in [0.29, 0.717) is 5.57 Å². The van der Waals surface area contributed by atoms with Gasteiger partial charge >= 0.3 is 17.9 Å². The van der Waals surface area contributed by atoms with Gasteiger partial charge in [-0.3, -0.25) is 14.4 Å². The van der Waals surface area contributed by atoms with E-state index in [9.17, 15) is 39.0 Å². The molecule has 13 heteroatoms. The van der Waals surface area contributed by atoms with Crippen LogP contribution in [0.1, 0.15) is 95.9 Å². The summed E-state index contributed by atoms with van der Waals surface area (Å²) in [6.07, 6.45) is 19.7. The van der Waals surface area contributed by atoms with Crippen molar-refractivity contribution in [2.75, 3.05) is 7.11 Å². The van der Waals surface area contributed by atoms with E-state index in [4.69, 9.17) is 20.1 Å². The summed E-state index contributed by atoms with van der Waals surface area (Å²) < 4.78 is 9.21. The van der Waals surface area contributed by atoms with Crippen molar-refractivity contribution in [1.29, 1.82) is 0 Å². The van der Waals surface area contributed by atoms with Gasteiger partial charge in [0, 0.05) is 12.3 Å². The molecule has 0 radical (unpaired) electrons. The predicted octanol–water partition coefficient (Wildman–Crippen LogP) is 7.01. The van der Waals surface area contributed by atoms with Crippen LogP contribution in [0.2, 0.25) is 0 Å². The molecule has 0 aromatic carbocycles. The van der Waals surface area contributed by atoms with Crippen LogP contribution in [0.25, 0.3) is 0 Å². The van der Waals surface area contributed by atoms with Crippen molar-refractivity contribution in [3.05, 3.63) is 130 Å². The SMILES string of the molecule is CC1=C(/C=C/C(C)=C/C=C/C(C)=C/C=C/C=C(C)/C=C/C=C(C)/C=C/C2=C(C)C(=O)C(OC(=O)C(O)C(O)C(=O)O)CC2(C)C)C(C)(C)CC(C)C1=O.COC(=O)C(O)C(O)C(C)=O. The van der Waals surface area contributed by atoms with Gasteiger partial charge in [0.1, 0.15) is 6.10 Å². The topological polar surface area (TPSA) is 222 Å². The minimum atomic E-state index is -2.35. The summed E-state index contributed by atoms with van der Waals surface area (Å²) in [6.45, 7) is 22.9. The van der Waals surface area contributed by atoms with E-state index in [1.807, 2.05) is 109 Å². The minimum Gasteiger partial charge on any atom is -0.479 e. The number of carbonyl (C=O) groups excluding carboxylic acids is 5. The lowest BCUT2D eigenvalue weighted by Crippen LogP contribution is -2.45. The van der Waals surface area contributed by atoms with E-state index >= 15 is 0 Å². The quantitative estimate of drug-likeness (QED) is 0.0734. The monoisotopic (exact) mass is 888 g/mol. The van der Waals surface area contributed by atoms with E-state index in [1.54, 1.807) is 6.92 Å². The minimum absolute atomic E-state index is 0.0238. The summed E-state index contributed by atoms with van der Waals surface area (Å²) in [5.41, 5.74) is 6.79. The van der Waals surface area contributed by atoms with Gasteiger partial charge in [-0.05, 0) is 88.0 Å². The Morgan fingerprint density at radius 2 is 0.984 bits per heavy atom. The molecule has 0 fully saturated rings. The number of carboxylic acids is 1. The fourth-order valence-electron chi connectivity index (χ4n) is 7.04. The van der Waals surface area contributed by atoms with Crippen LogP contribution in [-0.4, -0.2) is 98.4 Å². The number of carboxylic acid groups (broad SMARTS) is 1. The second-order valence-electron chi connectivity index (χ2n) is 17.5. The van der Waals surface area contributed by atoms with E-state index in [0.717, 1.165) is 59.5 Å². The van der Waals surface area contributed by atoms with Crippen molar-refractivity contribution >= 4 is 35.3 Å². The number of aliphatic hydroxyl groups excluding tert-OH is 4. The first-order chi connectivity index (χ1) is 29.6. The second-order valence-corrected chi connectivity index (χ2v) is 17.5. The Hall–Kier alpha value is -5.60. The third-order valence-electron chi connectivity index (χ3n) is 10.8. The van der Waals surface area contributed by atoms with E-state index in [1.165, 1.54) is 0 Å². The highest BCUT2D eigenvalue weighted by atomic mass is 16.6. The van der Waals surface area contributed by atoms with Crippen molar-refractivity contribution in [1.82, 2.24) is 0 Å². The molecular formula is C51H68O13.